The van der Waals surface area contributed by atoms with Gasteiger partial charge >= 0.3 is 5.97 Å². The number of hydrogen-bond donors (Lipinski definition) is 0. The highest BCUT2D eigenvalue weighted by Gasteiger charge is 2.36. The van der Waals surface area contributed by atoms with Gasteiger partial charge in [-0.3, -0.25) is 9.69 Å². The molecule has 12 heavy (non-hydrogen) atoms. The van der Waals surface area contributed by atoms with E-state index in [4.69, 9.17) is 4.74 Å². The Balaban J connectivity index is 2.10. The summed E-state index contributed by atoms with van der Waals surface area (Å²) in [5, 5.41) is 0. The van der Waals surface area contributed by atoms with Gasteiger partial charge in [-0.05, 0) is 26.2 Å². The number of cyclic esters (lactones) is 1. The van der Waals surface area contributed by atoms with Crippen molar-refractivity contribution in [3.05, 3.63) is 0 Å². The van der Waals surface area contributed by atoms with Crippen LogP contribution in [0.4, 0.5) is 0 Å². The van der Waals surface area contributed by atoms with Gasteiger partial charge in [0.25, 0.3) is 0 Å². The van der Waals surface area contributed by atoms with Crippen LogP contribution in [0.25, 0.3) is 0 Å². The molecule has 2 rings (SSSR count). The minimum atomic E-state index is -0.00667. The number of fused-ring (bicyclic) bond motifs is 1. The standard InChI is InChI=1S/C9H15NO2/c1-7-3-2-4-8-9(11)12-6-5-10(7)8/h7-8H,2-6H2,1H3. The number of hydrogen-bond acceptors (Lipinski definition) is 3. The quantitative estimate of drug-likeness (QED) is 0.502. The van der Waals surface area contributed by atoms with E-state index in [2.05, 4.69) is 11.8 Å². The van der Waals surface area contributed by atoms with E-state index >= 15 is 0 Å². The number of carbonyl (C=O) groups excluding carboxylic acids is 1. The summed E-state index contributed by atoms with van der Waals surface area (Å²) in [5.74, 6) is -0.00667. The van der Waals surface area contributed by atoms with E-state index in [-0.39, 0.29) is 12.0 Å². The van der Waals surface area contributed by atoms with Crippen LogP contribution in [0.3, 0.4) is 0 Å². The molecule has 68 valence electrons. The number of piperidine rings is 1. The molecule has 3 heteroatoms. The SMILES string of the molecule is CC1CCCC2C(=O)OCCN12. The van der Waals surface area contributed by atoms with Gasteiger partial charge in [-0.1, -0.05) is 0 Å². The summed E-state index contributed by atoms with van der Waals surface area (Å²) in [6.45, 7) is 3.71. The van der Waals surface area contributed by atoms with Crippen LogP contribution >= 0.6 is 0 Å². The van der Waals surface area contributed by atoms with Crippen LogP contribution in [0, 0.1) is 0 Å². The third-order valence-electron chi connectivity index (χ3n) is 2.93. The lowest BCUT2D eigenvalue weighted by Crippen LogP contribution is -2.54. The van der Waals surface area contributed by atoms with E-state index in [0.29, 0.717) is 12.6 Å². The summed E-state index contributed by atoms with van der Waals surface area (Å²) in [4.78, 5) is 13.6. The molecule has 0 amide bonds. The molecule has 0 aromatic heterocycles. The van der Waals surface area contributed by atoms with Crippen molar-refractivity contribution in [1.82, 2.24) is 4.90 Å². The van der Waals surface area contributed by atoms with Crippen LogP contribution in [-0.2, 0) is 9.53 Å². The van der Waals surface area contributed by atoms with Crippen LogP contribution < -0.4 is 0 Å². The maximum atomic E-state index is 11.3. The van der Waals surface area contributed by atoms with Gasteiger partial charge in [-0.2, -0.15) is 0 Å². The van der Waals surface area contributed by atoms with Crippen molar-refractivity contribution in [2.24, 2.45) is 0 Å². The van der Waals surface area contributed by atoms with E-state index < -0.39 is 0 Å². The Morgan fingerprint density at radius 1 is 1.50 bits per heavy atom. The second-order valence-corrected chi connectivity index (χ2v) is 3.70. The van der Waals surface area contributed by atoms with Gasteiger partial charge in [0.2, 0.25) is 0 Å². The Morgan fingerprint density at radius 3 is 3.08 bits per heavy atom. The number of esters is 1. The average molecular weight is 169 g/mol. The topological polar surface area (TPSA) is 29.5 Å². The van der Waals surface area contributed by atoms with Crippen molar-refractivity contribution in [2.45, 2.75) is 38.3 Å². The monoisotopic (exact) mass is 169 g/mol. The number of ether oxygens (including phenoxy) is 1. The highest BCUT2D eigenvalue weighted by Crippen LogP contribution is 2.25. The van der Waals surface area contributed by atoms with Crippen LogP contribution in [0.1, 0.15) is 26.2 Å². The smallest absolute Gasteiger partial charge is 0.323 e. The van der Waals surface area contributed by atoms with E-state index in [1.54, 1.807) is 0 Å². The van der Waals surface area contributed by atoms with Crippen molar-refractivity contribution in [3.63, 3.8) is 0 Å². The number of morpholine rings is 1. The average Bonchev–Trinajstić information content (AvgIpc) is 2.07. The third kappa shape index (κ3) is 1.22. The lowest BCUT2D eigenvalue weighted by Gasteiger charge is -2.41. The predicted molar refractivity (Wildman–Crippen MR) is 44.8 cm³/mol. The lowest BCUT2D eigenvalue weighted by atomic mass is 9.96. The molecule has 0 N–H and O–H groups in total. The minimum Gasteiger partial charge on any atom is -0.463 e. The van der Waals surface area contributed by atoms with Crippen LogP contribution in [0.5, 0.6) is 0 Å². The summed E-state index contributed by atoms with van der Waals surface area (Å²) in [6.07, 6.45) is 3.38. The Labute approximate surface area is 72.7 Å². The molecule has 2 unspecified atom stereocenters. The fourth-order valence-corrected chi connectivity index (χ4v) is 2.22. The molecule has 0 radical (unpaired) electrons. The first-order chi connectivity index (χ1) is 5.79. The number of carbonyl (C=O) groups is 1. The van der Waals surface area contributed by atoms with Crippen molar-refractivity contribution in [1.29, 1.82) is 0 Å². The van der Waals surface area contributed by atoms with E-state index in [0.717, 1.165) is 19.4 Å². The molecule has 2 heterocycles. The van der Waals surface area contributed by atoms with Crippen molar-refractivity contribution < 1.29 is 9.53 Å². The highest BCUT2D eigenvalue weighted by molar-refractivity contribution is 5.76. The molecule has 0 aliphatic carbocycles. The first-order valence-corrected chi connectivity index (χ1v) is 4.71. The predicted octanol–water partition coefficient (Wildman–Crippen LogP) is 0.786. The first kappa shape index (κ1) is 8.05. The molecule has 2 aliphatic heterocycles. The Kier molecular flexibility index (Phi) is 2.05. The normalized spacial score (nSPS) is 37.2. The van der Waals surface area contributed by atoms with E-state index in [1.807, 2.05) is 0 Å². The zero-order valence-corrected chi connectivity index (χ0v) is 7.45. The second kappa shape index (κ2) is 3.05. The Morgan fingerprint density at radius 2 is 2.33 bits per heavy atom. The van der Waals surface area contributed by atoms with Crippen molar-refractivity contribution in [2.75, 3.05) is 13.2 Å². The minimum absolute atomic E-state index is 0.00667. The van der Waals surface area contributed by atoms with Gasteiger partial charge in [0, 0.05) is 12.6 Å². The van der Waals surface area contributed by atoms with Crippen molar-refractivity contribution in [3.8, 4) is 0 Å². The summed E-state index contributed by atoms with van der Waals surface area (Å²) in [6, 6.07) is 0.638. The van der Waals surface area contributed by atoms with Gasteiger partial charge in [-0.15, -0.1) is 0 Å². The molecule has 0 bridgehead atoms. The van der Waals surface area contributed by atoms with Gasteiger partial charge in [-0.25, -0.2) is 0 Å². The maximum Gasteiger partial charge on any atom is 0.323 e. The fourth-order valence-electron chi connectivity index (χ4n) is 2.22. The number of nitrogens with zero attached hydrogens (tertiary/aromatic N) is 1. The number of rotatable bonds is 0. The second-order valence-electron chi connectivity index (χ2n) is 3.70. The molecule has 3 nitrogen and oxygen atoms in total. The summed E-state index contributed by atoms with van der Waals surface area (Å²) in [7, 11) is 0. The molecule has 2 atom stereocenters. The molecule has 0 aromatic carbocycles. The van der Waals surface area contributed by atoms with Crippen LogP contribution in [-0.4, -0.2) is 36.1 Å². The summed E-state index contributed by atoms with van der Waals surface area (Å²) < 4.78 is 5.02. The van der Waals surface area contributed by atoms with E-state index in [9.17, 15) is 4.79 Å². The highest BCUT2D eigenvalue weighted by atomic mass is 16.5. The van der Waals surface area contributed by atoms with Crippen LogP contribution in [0.2, 0.25) is 0 Å². The summed E-state index contributed by atoms with van der Waals surface area (Å²) >= 11 is 0. The zero-order valence-electron chi connectivity index (χ0n) is 7.45. The lowest BCUT2D eigenvalue weighted by molar-refractivity contribution is -0.161. The molecule has 2 aliphatic rings. The molecular weight excluding hydrogens is 154 g/mol. The Hall–Kier alpha value is -0.570. The molecule has 0 spiro atoms. The molecule has 0 saturated carbocycles. The molecular formula is C9H15NO2. The fraction of sp³-hybridized carbons (Fsp3) is 0.889. The Bertz CT molecular complexity index is 193. The van der Waals surface area contributed by atoms with Crippen molar-refractivity contribution >= 4 is 5.97 Å². The molecule has 2 fully saturated rings. The largest absolute Gasteiger partial charge is 0.463 e. The summed E-state index contributed by atoms with van der Waals surface area (Å²) in [5.41, 5.74) is 0. The third-order valence-corrected chi connectivity index (χ3v) is 2.93. The zero-order chi connectivity index (χ0) is 8.55. The first-order valence-electron chi connectivity index (χ1n) is 4.71. The van der Waals surface area contributed by atoms with E-state index in [1.165, 1.54) is 6.42 Å². The van der Waals surface area contributed by atoms with Crippen LogP contribution in [0.15, 0.2) is 0 Å². The van der Waals surface area contributed by atoms with Gasteiger partial charge in [0.05, 0.1) is 0 Å². The maximum absolute atomic E-state index is 11.3. The van der Waals surface area contributed by atoms with Gasteiger partial charge < -0.3 is 4.74 Å². The van der Waals surface area contributed by atoms with Gasteiger partial charge in [0.15, 0.2) is 0 Å². The molecule has 0 aromatic rings. The van der Waals surface area contributed by atoms with Gasteiger partial charge in [0.1, 0.15) is 12.6 Å². The molecule has 2 saturated heterocycles.